The van der Waals surface area contributed by atoms with Crippen molar-refractivity contribution >= 4 is 23.5 Å². The van der Waals surface area contributed by atoms with Gasteiger partial charge < -0.3 is 15.0 Å². The first-order chi connectivity index (χ1) is 18.1. The van der Waals surface area contributed by atoms with E-state index in [1.54, 1.807) is 6.07 Å². The highest BCUT2D eigenvalue weighted by Crippen LogP contribution is 2.34. The summed E-state index contributed by atoms with van der Waals surface area (Å²) in [5, 5.41) is 13.6. The number of nitro benzene ring substituents is 1. The molecule has 9 nitrogen and oxygen atoms in total. The minimum atomic E-state index is -1.37. The first kappa shape index (κ1) is 27.1. The zero-order valence-electron chi connectivity index (χ0n) is 20.3. The molecule has 2 fully saturated rings. The molecule has 2 aromatic carbocycles. The van der Waals surface area contributed by atoms with Crippen LogP contribution in [0.4, 0.5) is 18.9 Å². The molecule has 1 aliphatic heterocycles. The van der Waals surface area contributed by atoms with Crippen molar-refractivity contribution in [2.75, 3.05) is 0 Å². The first-order valence-corrected chi connectivity index (χ1v) is 12.2. The molecule has 2 aromatic rings. The van der Waals surface area contributed by atoms with Gasteiger partial charge in [-0.3, -0.25) is 19.7 Å². The largest absolute Gasteiger partial charge is 0.459 e. The third kappa shape index (κ3) is 6.87. The molecule has 1 saturated heterocycles. The highest BCUT2D eigenvalue weighted by molar-refractivity contribution is 5.86. The molecule has 4 rings (SSSR count). The summed E-state index contributed by atoms with van der Waals surface area (Å²) in [4.78, 5) is 49.7. The molecule has 12 heteroatoms. The monoisotopic (exact) mass is 533 g/mol. The van der Waals surface area contributed by atoms with Gasteiger partial charge in [0.05, 0.1) is 4.92 Å². The number of amides is 2. The van der Waals surface area contributed by atoms with Crippen LogP contribution < -0.4 is 5.32 Å². The third-order valence-corrected chi connectivity index (χ3v) is 6.67. The van der Waals surface area contributed by atoms with Crippen molar-refractivity contribution in [3.8, 4) is 0 Å². The molecule has 2 aliphatic rings. The van der Waals surface area contributed by atoms with Gasteiger partial charge in [0.15, 0.2) is 11.6 Å². The number of hydrogen-bond donors (Lipinski definition) is 1. The van der Waals surface area contributed by atoms with Crippen molar-refractivity contribution < 1.29 is 37.2 Å². The van der Waals surface area contributed by atoms with Crippen molar-refractivity contribution in [1.82, 2.24) is 10.2 Å². The standard InChI is InChI=1S/C26H26F3N3O6/c27-18-10-17(25(29)21(28)11-18)13-31-19(6-7-24(31)34)12-23(33)30-22(9-15-4-5-15)26(35)38-14-16-2-1-3-20(8-16)32(36)37/h1-3,8,10-11,15,19,22H,4-7,9,12-14H2,(H,30,33)/t19-,22-/m0/s1. The van der Waals surface area contributed by atoms with Gasteiger partial charge in [-0.2, -0.15) is 0 Å². The number of nitrogens with zero attached hydrogens (tertiary/aromatic N) is 2. The van der Waals surface area contributed by atoms with Crippen LogP contribution >= 0.6 is 0 Å². The summed E-state index contributed by atoms with van der Waals surface area (Å²) in [5.74, 6) is -4.95. The van der Waals surface area contributed by atoms with E-state index in [0.29, 0.717) is 18.1 Å². The lowest BCUT2D eigenvalue weighted by molar-refractivity contribution is -0.384. The second-order valence-electron chi connectivity index (χ2n) is 9.61. The van der Waals surface area contributed by atoms with Crippen LogP contribution in [-0.4, -0.2) is 39.7 Å². The molecular formula is C26H26F3N3O6. The number of benzene rings is 2. The molecule has 1 heterocycles. The lowest BCUT2D eigenvalue weighted by Crippen LogP contribution is -2.44. The molecule has 202 valence electrons. The smallest absolute Gasteiger partial charge is 0.328 e. The lowest BCUT2D eigenvalue weighted by atomic mass is 10.1. The molecule has 1 N–H and O–H groups in total. The van der Waals surface area contributed by atoms with E-state index >= 15 is 0 Å². The van der Waals surface area contributed by atoms with Crippen LogP contribution in [0.15, 0.2) is 36.4 Å². The normalized spacial score (nSPS) is 17.8. The van der Waals surface area contributed by atoms with Gasteiger partial charge >= 0.3 is 5.97 Å². The minimum absolute atomic E-state index is 0.0914. The molecular weight excluding hydrogens is 507 g/mol. The van der Waals surface area contributed by atoms with Gasteiger partial charge in [-0.15, -0.1) is 0 Å². The maximum Gasteiger partial charge on any atom is 0.328 e. The fourth-order valence-corrected chi connectivity index (χ4v) is 4.51. The van der Waals surface area contributed by atoms with Gasteiger partial charge in [0, 0.05) is 49.2 Å². The number of nitro groups is 1. The Morgan fingerprint density at radius 1 is 1.16 bits per heavy atom. The van der Waals surface area contributed by atoms with Crippen molar-refractivity contribution in [2.45, 2.75) is 63.8 Å². The number of likely N-dealkylation sites (tertiary alicyclic amines) is 1. The Balaban J connectivity index is 1.37. The minimum Gasteiger partial charge on any atom is -0.459 e. The topological polar surface area (TPSA) is 119 Å². The van der Waals surface area contributed by atoms with Crippen LogP contribution in [0.25, 0.3) is 0 Å². The predicted molar refractivity (Wildman–Crippen MR) is 127 cm³/mol. The highest BCUT2D eigenvalue weighted by atomic mass is 19.2. The molecule has 0 spiro atoms. The Labute approximate surface area is 216 Å². The number of non-ortho nitro benzene ring substituents is 1. The van der Waals surface area contributed by atoms with E-state index < -0.39 is 52.9 Å². The van der Waals surface area contributed by atoms with Crippen molar-refractivity contribution in [3.63, 3.8) is 0 Å². The van der Waals surface area contributed by atoms with Crippen molar-refractivity contribution in [2.24, 2.45) is 5.92 Å². The summed E-state index contributed by atoms with van der Waals surface area (Å²) in [5.41, 5.74) is -0.0532. The van der Waals surface area contributed by atoms with Gasteiger partial charge in [-0.05, 0) is 30.4 Å². The number of carbonyl (C=O) groups is 3. The summed E-state index contributed by atoms with van der Waals surface area (Å²) < 4.78 is 46.7. The summed E-state index contributed by atoms with van der Waals surface area (Å²) in [6, 6.07) is 5.29. The maximum atomic E-state index is 14.2. The third-order valence-electron chi connectivity index (χ3n) is 6.67. The van der Waals surface area contributed by atoms with E-state index in [9.17, 15) is 37.7 Å². The fraction of sp³-hybridized carbons (Fsp3) is 0.423. The van der Waals surface area contributed by atoms with Gasteiger partial charge in [-0.1, -0.05) is 25.0 Å². The molecule has 38 heavy (non-hydrogen) atoms. The SMILES string of the molecule is O=C(C[C@@H]1CCC(=O)N1Cc1cc(F)cc(F)c1F)N[C@@H](CC1CC1)C(=O)OCc1cccc([N+](=O)[O-])c1. The summed E-state index contributed by atoms with van der Waals surface area (Å²) in [6.45, 7) is -0.605. The number of rotatable bonds is 11. The average Bonchev–Trinajstić information content (AvgIpc) is 3.63. The van der Waals surface area contributed by atoms with E-state index in [-0.39, 0.29) is 48.9 Å². The number of nitrogens with one attached hydrogen (secondary N) is 1. The number of hydrogen-bond acceptors (Lipinski definition) is 6. The van der Waals surface area contributed by atoms with Crippen LogP contribution in [0.2, 0.25) is 0 Å². The van der Waals surface area contributed by atoms with E-state index in [2.05, 4.69) is 5.32 Å². The molecule has 1 aliphatic carbocycles. The summed E-state index contributed by atoms with van der Waals surface area (Å²) in [6.07, 6.45) is 2.37. The molecule has 2 atom stereocenters. The fourth-order valence-electron chi connectivity index (χ4n) is 4.51. The Morgan fingerprint density at radius 2 is 1.92 bits per heavy atom. The quantitative estimate of drug-likeness (QED) is 0.202. The second kappa shape index (κ2) is 11.6. The molecule has 1 saturated carbocycles. The van der Waals surface area contributed by atoms with Gasteiger partial charge in [0.1, 0.15) is 18.5 Å². The number of carbonyl (C=O) groups excluding carboxylic acids is 3. The summed E-state index contributed by atoms with van der Waals surface area (Å²) >= 11 is 0. The van der Waals surface area contributed by atoms with Crippen LogP contribution in [0.1, 0.15) is 49.7 Å². The second-order valence-corrected chi connectivity index (χ2v) is 9.61. The highest BCUT2D eigenvalue weighted by Gasteiger charge is 2.36. The number of halogens is 3. The van der Waals surface area contributed by atoms with Crippen LogP contribution in [0.3, 0.4) is 0 Å². The first-order valence-electron chi connectivity index (χ1n) is 12.2. The molecule has 0 bridgehead atoms. The lowest BCUT2D eigenvalue weighted by Gasteiger charge is -2.26. The zero-order chi connectivity index (χ0) is 27.4. The Bertz CT molecular complexity index is 1250. The average molecular weight is 534 g/mol. The van der Waals surface area contributed by atoms with Crippen molar-refractivity contribution in [1.29, 1.82) is 0 Å². The maximum absolute atomic E-state index is 14.2. The Kier molecular flexibility index (Phi) is 8.28. The van der Waals surface area contributed by atoms with Gasteiger partial charge in [0.25, 0.3) is 5.69 Å². The van der Waals surface area contributed by atoms with E-state index in [0.717, 1.165) is 18.9 Å². The van der Waals surface area contributed by atoms with E-state index in [1.807, 2.05) is 0 Å². The summed E-state index contributed by atoms with van der Waals surface area (Å²) in [7, 11) is 0. The number of esters is 1. The van der Waals surface area contributed by atoms with Crippen LogP contribution in [0, 0.1) is 33.5 Å². The Hall–Kier alpha value is -3.96. The predicted octanol–water partition coefficient (Wildman–Crippen LogP) is 3.92. The van der Waals surface area contributed by atoms with Crippen LogP contribution in [-0.2, 0) is 32.3 Å². The van der Waals surface area contributed by atoms with E-state index in [1.165, 1.54) is 23.1 Å². The number of ether oxygens (including phenoxy) is 1. The molecule has 0 unspecified atom stereocenters. The van der Waals surface area contributed by atoms with Crippen LogP contribution in [0.5, 0.6) is 0 Å². The molecule has 0 aromatic heterocycles. The molecule has 0 radical (unpaired) electrons. The Morgan fingerprint density at radius 3 is 2.63 bits per heavy atom. The van der Waals surface area contributed by atoms with Gasteiger partial charge in [-0.25, -0.2) is 18.0 Å². The van der Waals surface area contributed by atoms with E-state index in [4.69, 9.17) is 4.74 Å². The zero-order valence-corrected chi connectivity index (χ0v) is 20.3. The van der Waals surface area contributed by atoms with Crippen molar-refractivity contribution in [3.05, 3.63) is 75.1 Å². The molecule has 2 amide bonds. The van der Waals surface area contributed by atoms with Gasteiger partial charge in [0.2, 0.25) is 11.8 Å².